The number of hydrogen-bond acceptors (Lipinski definition) is 5. The molecule has 0 radical (unpaired) electrons. The van der Waals surface area contributed by atoms with E-state index < -0.39 is 11.8 Å². The van der Waals surface area contributed by atoms with E-state index in [1.165, 1.54) is 24.4 Å². The first-order valence-corrected chi connectivity index (χ1v) is 9.89. The Morgan fingerprint density at radius 1 is 1.16 bits per heavy atom. The Hall–Kier alpha value is -3.72. The second kappa shape index (κ2) is 8.43. The molecule has 0 aromatic carbocycles. The zero-order valence-electron chi connectivity index (χ0n) is 17.1. The van der Waals surface area contributed by atoms with E-state index in [0.717, 1.165) is 11.6 Å². The zero-order chi connectivity index (χ0) is 22.9. The summed E-state index contributed by atoms with van der Waals surface area (Å²) in [6.07, 6.45) is 4.50. The summed E-state index contributed by atoms with van der Waals surface area (Å²) in [4.78, 5) is 24.7. The fourth-order valence-corrected chi connectivity index (χ4v) is 3.32. The summed E-state index contributed by atoms with van der Waals surface area (Å²) >= 11 is 5.91. The second-order valence-electron chi connectivity index (χ2n) is 7.14. The molecule has 1 amide bonds. The molecular formula is C22H17ClF2N6O. The first kappa shape index (κ1) is 21.5. The molecule has 4 aromatic rings. The number of aryl methyl sites for hydroxylation is 1. The number of carbonyl (C=O) groups is 1. The van der Waals surface area contributed by atoms with E-state index in [-0.39, 0.29) is 16.7 Å². The molecule has 0 unspecified atom stereocenters. The van der Waals surface area contributed by atoms with Gasteiger partial charge in [-0.1, -0.05) is 11.6 Å². The van der Waals surface area contributed by atoms with Gasteiger partial charge in [0.1, 0.15) is 10.8 Å². The molecule has 0 saturated heterocycles. The van der Waals surface area contributed by atoms with Crippen molar-refractivity contribution in [3.05, 3.63) is 83.2 Å². The number of halogens is 3. The Bertz CT molecular complexity index is 1250. The molecule has 4 heterocycles. The van der Waals surface area contributed by atoms with E-state index >= 15 is 0 Å². The molecule has 162 valence electrons. The number of rotatable bonds is 5. The largest absolute Gasteiger partial charge is 0.321 e. The predicted molar refractivity (Wildman–Crippen MR) is 116 cm³/mol. The number of nitrogens with zero attached hydrogens (tertiary/aromatic N) is 5. The number of alkyl halides is 2. The van der Waals surface area contributed by atoms with Gasteiger partial charge in [0.05, 0.1) is 17.6 Å². The molecule has 0 spiro atoms. The Kier molecular flexibility index (Phi) is 5.67. The van der Waals surface area contributed by atoms with E-state index in [1.54, 1.807) is 43.6 Å². The minimum atomic E-state index is -3.15. The van der Waals surface area contributed by atoms with Gasteiger partial charge in [0.15, 0.2) is 5.82 Å². The summed E-state index contributed by atoms with van der Waals surface area (Å²) in [5.41, 5.74) is 1.96. The summed E-state index contributed by atoms with van der Waals surface area (Å²) in [7, 11) is 0. The van der Waals surface area contributed by atoms with Gasteiger partial charge in [-0.3, -0.25) is 9.78 Å². The lowest BCUT2D eigenvalue weighted by Gasteiger charge is -2.13. The van der Waals surface area contributed by atoms with Crippen molar-refractivity contribution >= 4 is 23.2 Å². The number of aromatic nitrogens is 5. The normalized spacial score (nSPS) is 11.4. The smallest absolute Gasteiger partial charge is 0.287 e. The molecule has 4 aromatic heterocycles. The Balaban J connectivity index is 1.62. The predicted octanol–water partition coefficient (Wildman–Crippen LogP) is 5.05. The summed E-state index contributed by atoms with van der Waals surface area (Å²) in [6.45, 7) is 2.52. The minimum absolute atomic E-state index is 0.178. The molecule has 0 bridgehead atoms. The van der Waals surface area contributed by atoms with Crippen molar-refractivity contribution in [1.29, 1.82) is 0 Å². The summed E-state index contributed by atoms with van der Waals surface area (Å²) in [5.74, 6) is -3.37. The van der Waals surface area contributed by atoms with Crippen LogP contribution < -0.4 is 5.32 Å². The molecule has 1 N–H and O–H groups in total. The lowest BCUT2D eigenvalue weighted by molar-refractivity contribution is 0.0101. The highest BCUT2D eigenvalue weighted by molar-refractivity contribution is 6.29. The van der Waals surface area contributed by atoms with Crippen LogP contribution in [0.1, 0.15) is 28.7 Å². The third-order valence-electron chi connectivity index (χ3n) is 4.52. The van der Waals surface area contributed by atoms with Crippen molar-refractivity contribution < 1.29 is 13.6 Å². The fraction of sp³-hybridized carbons (Fsp3) is 0.136. The number of anilines is 1. The highest BCUT2D eigenvalue weighted by Gasteiger charge is 2.31. The van der Waals surface area contributed by atoms with Crippen LogP contribution >= 0.6 is 11.6 Å². The zero-order valence-corrected chi connectivity index (χ0v) is 17.8. The molecule has 32 heavy (non-hydrogen) atoms. The maximum absolute atomic E-state index is 14.3. The molecule has 7 nitrogen and oxygen atoms in total. The van der Waals surface area contributed by atoms with Gasteiger partial charge in [-0.15, -0.1) is 0 Å². The van der Waals surface area contributed by atoms with Crippen LogP contribution in [0.3, 0.4) is 0 Å². The molecule has 0 aliphatic rings. The minimum Gasteiger partial charge on any atom is -0.321 e. The van der Waals surface area contributed by atoms with Crippen LogP contribution in [0.25, 0.3) is 17.1 Å². The van der Waals surface area contributed by atoms with Crippen molar-refractivity contribution in [2.24, 2.45) is 0 Å². The number of carbonyl (C=O) groups excluding carboxylic acids is 1. The molecule has 0 aliphatic heterocycles. The van der Waals surface area contributed by atoms with Gasteiger partial charge in [-0.05, 0) is 49.4 Å². The van der Waals surface area contributed by atoms with Crippen molar-refractivity contribution in [3.8, 4) is 17.1 Å². The van der Waals surface area contributed by atoms with Crippen molar-refractivity contribution in [1.82, 2.24) is 24.7 Å². The van der Waals surface area contributed by atoms with Crippen molar-refractivity contribution in [2.75, 3.05) is 5.32 Å². The van der Waals surface area contributed by atoms with Gasteiger partial charge < -0.3 is 5.32 Å². The molecular weight excluding hydrogens is 438 g/mol. The third-order valence-corrected chi connectivity index (χ3v) is 4.72. The van der Waals surface area contributed by atoms with Crippen LogP contribution in [0.15, 0.2) is 61.1 Å². The van der Waals surface area contributed by atoms with E-state index in [9.17, 15) is 13.6 Å². The monoisotopic (exact) mass is 454 g/mol. The van der Waals surface area contributed by atoms with E-state index in [0.29, 0.717) is 28.2 Å². The standard InChI is InChI=1S/C22H17ClF2N6O/c1-13-8-15(9-19(23)28-13)21(32)29-16-5-6-20(27-12-16)31-18(22(2,24)25)10-17(30-31)14-4-3-7-26-11-14/h3-12H,1-2H3,(H,29,32). The Morgan fingerprint density at radius 3 is 2.59 bits per heavy atom. The first-order chi connectivity index (χ1) is 15.2. The number of pyridine rings is 3. The van der Waals surface area contributed by atoms with Crippen LogP contribution in [0.4, 0.5) is 14.5 Å². The molecule has 0 atom stereocenters. The highest BCUT2D eigenvalue weighted by Crippen LogP contribution is 2.32. The van der Waals surface area contributed by atoms with Crippen LogP contribution in [0.2, 0.25) is 5.15 Å². The quantitative estimate of drug-likeness (QED) is 0.426. The molecule has 0 fully saturated rings. The number of amides is 1. The SMILES string of the molecule is Cc1cc(C(=O)Nc2ccc(-n3nc(-c4cccnc4)cc3C(C)(F)F)nc2)cc(Cl)n1. The second-order valence-corrected chi connectivity index (χ2v) is 7.52. The average molecular weight is 455 g/mol. The maximum Gasteiger partial charge on any atom is 0.287 e. The van der Waals surface area contributed by atoms with E-state index in [1.807, 2.05) is 0 Å². The third kappa shape index (κ3) is 4.62. The summed E-state index contributed by atoms with van der Waals surface area (Å²) in [5, 5.41) is 7.20. The average Bonchev–Trinajstić information content (AvgIpc) is 3.20. The lowest BCUT2D eigenvalue weighted by atomic mass is 10.2. The van der Waals surface area contributed by atoms with Crippen LogP contribution in [0.5, 0.6) is 0 Å². The lowest BCUT2D eigenvalue weighted by Crippen LogP contribution is -2.16. The molecule has 0 saturated carbocycles. The van der Waals surface area contributed by atoms with Gasteiger partial charge in [-0.2, -0.15) is 13.9 Å². The highest BCUT2D eigenvalue weighted by atomic mass is 35.5. The van der Waals surface area contributed by atoms with Gasteiger partial charge in [-0.25, -0.2) is 14.6 Å². The van der Waals surface area contributed by atoms with E-state index in [2.05, 4.69) is 25.4 Å². The van der Waals surface area contributed by atoms with Gasteiger partial charge >= 0.3 is 0 Å². The summed E-state index contributed by atoms with van der Waals surface area (Å²) in [6, 6.07) is 10.8. The van der Waals surface area contributed by atoms with Crippen LogP contribution in [-0.4, -0.2) is 30.6 Å². The number of hydrogen-bond donors (Lipinski definition) is 1. The van der Waals surface area contributed by atoms with Crippen LogP contribution in [-0.2, 0) is 5.92 Å². The molecule has 10 heteroatoms. The summed E-state index contributed by atoms with van der Waals surface area (Å²) < 4.78 is 29.6. The van der Waals surface area contributed by atoms with E-state index in [4.69, 9.17) is 11.6 Å². The fourth-order valence-electron chi connectivity index (χ4n) is 3.07. The van der Waals surface area contributed by atoms with Gasteiger partial charge in [0.25, 0.3) is 11.8 Å². The molecule has 4 rings (SSSR count). The van der Waals surface area contributed by atoms with Crippen molar-refractivity contribution in [3.63, 3.8) is 0 Å². The van der Waals surface area contributed by atoms with Gasteiger partial charge in [0.2, 0.25) is 0 Å². The van der Waals surface area contributed by atoms with Crippen LogP contribution in [0, 0.1) is 6.92 Å². The Labute approximate surface area is 187 Å². The topological polar surface area (TPSA) is 85.6 Å². The maximum atomic E-state index is 14.3. The number of nitrogens with one attached hydrogen (secondary N) is 1. The van der Waals surface area contributed by atoms with Gasteiger partial charge in [0, 0.05) is 36.1 Å². The molecule has 0 aliphatic carbocycles. The Morgan fingerprint density at radius 2 is 1.97 bits per heavy atom. The van der Waals surface area contributed by atoms with Crippen molar-refractivity contribution in [2.45, 2.75) is 19.8 Å². The first-order valence-electron chi connectivity index (χ1n) is 9.51.